The first-order valence-corrected chi connectivity index (χ1v) is 9.28. The Kier molecular flexibility index (Phi) is 6.35. The number of nitrogens with zero attached hydrogens (tertiary/aromatic N) is 3. The number of nitrogens with one attached hydrogen (secondary N) is 2. The monoisotopic (exact) mass is 367 g/mol. The van der Waals surface area contributed by atoms with Crippen molar-refractivity contribution in [2.24, 2.45) is 5.92 Å². The van der Waals surface area contributed by atoms with E-state index in [0.717, 1.165) is 6.42 Å². The van der Waals surface area contributed by atoms with Gasteiger partial charge < -0.3 is 15.5 Å². The molecule has 1 aliphatic rings. The Balaban J connectivity index is 1.43. The van der Waals surface area contributed by atoms with Crippen molar-refractivity contribution in [3.63, 3.8) is 0 Å². The molecule has 0 atom stereocenters. The summed E-state index contributed by atoms with van der Waals surface area (Å²) in [5.41, 5.74) is 1.68. The Morgan fingerprint density at radius 2 is 1.78 bits per heavy atom. The quantitative estimate of drug-likeness (QED) is 0.812. The fourth-order valence-electron chi connectivity index (χ4n) is 3.21. The largest absolute Gasteiger partial charge is 0.357 e. The molecule has 2 amide bonds. The van der Waals surface area contributed by atoms with Gasteiger partial charge in [-0.25, -0.2) is 9.97 Å². The molecule has 1 aromatic heterocycles. The normalized spacial score (nSPS) is 14.6. The Morgan fingerprint density at radius 3 is 2.41 bits per heavy atom. The van der Waals surface area contributed by atoms with Gasteiger partial charge in [-0.3, -0.25) is 9.59 Å². The fraction of sp³-hybridized carbons (Fsp3) is 0.400. The van der Waals surface area contributed by atoms with E-state index in [0.29, 0.717) is 44.0 Å². The number of aromatic nitrogens is 2. The minimum absolute atomic E-state index is 0.0345. The first-order chi connectivity index (χ1) is 13.2. The van der Waals surface area contributed by atoms with Crippen LogP contribution in [0.15, 0.2) is 42.7 Å². The summed E-state index contributed by atoms with van der Waals surface area (Å²) in [7, 11) is 1.73. The summed E-state index contributed by atoms with van der Waals surface area (Å²) >= 11 is 0. The van der Waals surface area contributed by atoms with Crippen molar-refractivity contribution >= 4 is 17.8 Å². The second-order valence-corrected chi connectivity index (χ2v) is 6.64. The number of hydrogen-bond acceptors (Lipinski definition) is 5. The third-order valence-corrected chi connectivity index (χ3v) is 4.83. The number of rotatable bonds is 6. The maximum atomic E-state index is 12.5. The molecule has 0 spiro atoms. The maximum absolute atomic E-state index is 12.5. The molecule has 0 aliphatic carbocycles. The van der Waals surface area contributed by atoms with Crippen molar-refractivity contribution in [1.82, 2.24) is 20.2 Å². The maximum Gasteiger partial charge on any atom is 0.256 e. The van der Waals surface area contributed by atoms with Crippen LogP contribution in [0.2, 0.25) is 0 Å². The number of anilines is 1. The second-order valence-electron chi connectivity index (χ2n) is 6.64. The van der Waals surface area contributed by atoms with Gasteiger partial charge in [-0.2, -0.15) is 0 Å². The molecule has 142 valence electrons. The van der Waals surface area contributed by atoms with E-state index >= 15 is 0 Å². The van der Waals surface area contributed by atoms with Crippen molar-refractivity contribution in [1.29, 1.82) is 0 Å². The Hall–Kier alpha value is -2.96. The SMILES string of the molecule is CNc1ncc(C(=O)N2CCC(C(=O)NCCc3ccccc3)CC2)cn1. The third kappa shape index (κ3) is 5.03. The van der Waals surface area contributed by atoms with E-state index in [1.165, 1.54) is 18.0 Å². The van der Waals surface area contributed by atoms with Crippen LogP contribution < -0.4 is 10.6 Å². The highest BCUT2D eigenvalue weighted by Crippen LogP contribution is 2.19. The van der Waals surface area contributed by atoms with E-state index < -0.39 is 0 Å². The molecule has 2 N–H and O–H groups in total. The molecule has 1 fully saturated rings. The molecule has 1 aromatic carbocycles. The molecular formula is C20H25N5O2. The fourth-order valence-corrected chi connectivity index (χ4v) is 3.21. The number of benzene rings is 1. The van der Waals surface area contributed by atoms with Gasteiger partial charge in [-0.15, -0.1) is 0 Å². The van der Waals surface area contributed by atoms with Crippen molar-refractivity contribution in [2.45, 2.75) is 19.3 Å². The van der Waals surface area contributed by atoms with Crippen LogP contribution >= 0.6 is 0 Å². The van der Waals surface area contributed by atoms with E-state index in [1.54, 1.807) is 11.9 Å². The van der Waals surface area contributed by atoms with Gasteiger partial charge >= 0.3 is 0 Å². The number of amides is 2. The molecule has 1 saturated heterocycles. The smallest absolute Gasteiger partial charge is 0.256 e. The standard InChI is InChI=1S/C20H25N5O2/c1-21-20-23-13-17(14-24-20)19(27)25-11-8-16(9-12-25)18(26)22-10-7-15-5-3-2-4-6-15/h2-6,13-14,16H,7-12H2,1H3,(H,22,26)(H,21,23,24). The minimum Gasteiger partial charge on any atom is -0.357 e. The Labute approximate surface area is 159 Å². The molecule has 0 unspecified atom stereocenters. The van der Waals surface area contributed by atoms with Crippen LogP contribution in [0.3, 0.4) is 0 Å². The van der Waals surface area contributed by atoms with Crippen molar-refractivity contribution in [3.8, 4) is 0 Å². The average Bonchev–Trinajstić information content (AvgIpc) is 2.74. The molecule has 7 nitrogen and oxygen atoms in total. The number of piperidine rings is 1. The lowest BCUT2D eigenvalue weighted by Crippen LogP contribution is -2.43. The van der Waals surface area contributed by atoms with Crippen molar-refractivity contribution < 1.29 is 9.59 Å². The van der Waals surface area contributed by atoms with Crippen LogP contribution in [0.25, 0.3) is 0 Å². The number of carbonyl (C=O) groups is 2. The van der Waals surface area contributed by atoms with Gasteiger partial charge in [0.05, 0.1) is 5.56 Å². The molecule has 0 saturated carbocycles. The van der Waals surface area contributed by atoms with Crippen LogP contribution in [-0.2, 0) is 11.2 Å². The summed E-state index contributed by atoms with van der Waals surface area (Å²) in [5.74, 6) is 0.450. The zero-order valence-electron chi connectivity index (χ0n) is 15.5. The zero-order valence-corrected chi connectivity index (χ0v) is 15.5. The van der Waals surface area contributed by atoms with E-state index in [-0.39, 0.29) is 17.7 Å². The molecule has 1 aliphatic heterocycles. The summed E-state index contributed by atoms with van der Waals surface area (Å²) in [4.78, 5) is 34.8. The molecule has 0 radical (unpaired) electrons. The van der Waals surface area contributed by atoms with E-state index in [9.17, 15) is 9.59 Å². The topological polar surface area (TPSA) is 87.2 Å². The lowest BCUT2D eigenvalue weighted by molar-refractivity contribution is -0.126. The molecule has 0 bridgehead atoms. The first-order valence-electron chi connectivity index (χ1n) is 9.28. The summed E-state index contributed by atoms with van der Waals surface area (Å²) < 4.78 is 0. The molecule has 3 rings (SSSR count). The van der Waals surface area contributed by atoms with Gasteiger partial charge in [0.25, 0.3) is 5.91 Å². The van der Waals surface area contributed by atoms with Gasteiger partial charge in [0.2, 0.25) is 11.9 Å². The van der Waals surface area contributed by atoms with Crippen LogP contribution in [-0.4, -0.2) is 53.4 Å². The summed E-state index contributed by atoms with van der Waals surface area (Å²) in [6.45, 7) is 1.78. The highest BCUT2D eigenvalue weighted by Gasteiger charge is 2.27. The summed E-state index contributed by atoms with van der Waals surface area (Å²) in [6, 6.07) is 10.1. The third-order valence-electron chi connectivity index (χ3n) is 4.83. The summed E-state index contributed by atoms with van der Waals surface area (Å²) in [6.07, 6.45) is 5.25. The summed E-state index contributed by atoms with van der Waals surface area (Å²) in [5, 5.41) is 5.85. The Bertz CT molecular complexity index is 756. The zero-order chi connectivity index (χ0) is 19.1. The predicted octanol–water partition coefficient (Wildman–Crippen LogP) is 1.73. The van der Waals surface area contributed by atoms with Crippen LogP contribution in [0.1, 0.15) is 28.8 Å². The second kappa shape index (κ2) is 9.12. The molecular weight excluding hydrogens is 342 g/mol. The van der Waals surface area contributed by atoms with E-state index in [1.807, 2.05) is 18.2 Å². The van der Waals surface area contributed by atoms with E-state index in [4.69, 9.17) is 0 Å². The number of likely N-dealkylation sites (tertiary alicyclic amines) is 1. The highest BCUT2D eigenvalue weighted by atomic mass is 16.2. The number of carbonyl (C=O) groups excluding carboxylic acids is 2. The van der Waals surface area contributed by atoms with Crippen molar-refractivity contribution in [2.75, 3.05) is 32.0 Å². The van der Waals surface area contributed by atoms with E-state index in [2.05, 4.69) is 32.7 Å². The lowest BCUT2D eigenvalue weighted by atomic mass is 9.95. The lowest BCUT2D eigenvalue weighted by Gasteiger charge is -2.31. The van der Waals surface area contributed by atoms with Crippen molar-refractivity contribution in [3.05, 3.63) is 53.9 Å². The van der Waals surface area contributed by atoms with Crippen LogP contribution in [0.5, 0.6) is 0 Å². The molecule has 2 aromatic rings. The van der Waals surface area contributed by atoms with Gasteiger partial charge in [-0.05, 0) is 24.8 Å². The predicted molar refractivity (Wildman–Crippen MR) is 103 cm³/mol. The minimum atomic E-state index is -0.0828. The molecule has 27 heavy (non-hydrogen) atoms. The van der Waals surface area contributed by atoms with Gasteiger partial charge in [-0.1, -0.05) is 30.3 Å². The average molecular weight is 367 g/mol. The Morgan fingerprint density at radius 1 is 1.11 bits per heavy atom. The van der Waals surface area contributed by atoms with Gasteiger partial charge in [0, 0.05) is 45.0 Å². The first kappa shape index (κ1) is 18.8. The molecule has 2 heterocycles. The highest BCUT2D eigenvalue weighted by molar-refractivity contribution is 5.94. The number of hydrogen-bond donors (Lipinski definition) is 2. The van der Waals surface area contributed by atoms with Crippen LogP contribution in [0.4, 0.5) is 5.95 Å². The van der Waals surface area contributed by atoms with Gasteiger partial charge in [0.1, 0.15) is 0 Å². The van der Waals surface area contributed by atoms with Gasteiger partial charge in [0.15, 0.2) is 0 Å². The van der Waals surface area contributed by atoms with Crippen LogP contribution in [0, 0.1) is 5.92 Å². The molecule has 7 heteroatoms.